The molecule has 0 bridgehead atoms. The van der Waals surface area contributed by atoms with Gasteiger partial charge in [0.25, 0.3) is 0 Å². The van der Waals surface area contributed by atoms with Gasteiger partial charge in [0.2, 0.25) is 5.91 Å². The fourth-order valence-corrected chi connectivity index (χ4v) is 3.20. The van der Waals surface area contributed by atoms with Gasteiger partial charge in [-0.25, -0.2) is 0 Å². The number of nitrogens with two attached hydrogens (primary N) is 1. The second-order valence-corrected chi connectivity index (χ2v) is 6.62. The van der Waals surface area contributed by atoms with Gasteiger partial charge < -0.3 is 25.3 Å². The van der Waals surface area contributed by atoms with E-state index in [1.807, 2.05) is 19.9 Å². The molecule has 1 aliphatic rings. The summed E-state index contributed by atoms with van der Waals surface area (Å²) in [6.45, 7) is 5.12. The van der Waals surface area contributed by atoms with Crippen molar-refractivity contribution in [3.63, 3.8) is 0 Å². The van der Waals surface area contributed by atoms with Crippen LogP contribution in [-0.2, 0) is 11.3 Å². The first kappa shape index (κ1) is 19.3. The molecular weight excluding hydrogens is 322 g/mol. The van der Waals surface area contributed by atoms with Crippen molar-refractivity contribution in [1.29, 1.82) is 0 Å². The van der Waals surface area contributed by atoms with Gasteiger partial charge in [-0.2, -0.15) is 0 Å². The first-order valence-corrected chi connectivity index (χ1v) is 8.48. The quantitative estimate of drug-likeness (QED) is 0.766. The van der Waals surface area contributed by atoms with Crippen LogP contribution in [0.15, 0.2) is 12.1 Å². The van der Waals surface area contributed by atoms with Gasteiger partial charge in [-0.3, -0.25) is 9.69 Å². The highest BCUT2D eigenvalue weighted by Gasteiger charge is 2.35. The molecule has 1 saturated heterocycles. The number of benzene rings is 1. The van der Waals surface area contributed by atoms with Gasteiger partial charge in [-0.15, -0.1) is 0 Å². The standard InChI is InChI=1S/C18H29N3O4/c1-11(2)20-18(22)14-7-13(19)10-21(14)9-12-6-16(24-4)17(25-5)8-15(12)23-3/h6,8,11,13-14H,7,9-10,19H2,1-5H3,(H,20,22)/t13-,14-/m0/s1. The van der Waals surface area contributed by atoms with Crippen LogP contribution in [0.2, 0.25) is 0 Å². The number of hydrogen-bond donors (Lipinski definition) is 2. The first-order valence-electron chi connectivity index (χ1n) is 8.48. The summed E-state index contributed by atoms with van der Waals surface area (Å²) in [6, 6.07) is 3.53. The Morgan fingerprint density at radius 1 is 1.20 bits per heavy atom. The number of rotatable bonds is 7. The molecule has 3 N–H and O–H groups in total. The maximum atomic E-state index is 12.5. The summed E-state index contributed by atoms with van der Waals surface area (Å²) in [4.78, 5) is 14.6. The van der Waals surface area contributed by atoms with Gasteiger partial charge in [0, 0.05) is 36.8 Å². The Morgan fingerprint density at radius 2 is 1.80 bits per heavy atom. The number of amides is 1. The molecule has 1 aliphatic heterocycles. The zero-order valence-electron chi connectivity index (χ0n) is 15.7. The van der Waals surface area contributed by atoms with Crippen LogP contribution in [0.3, 0.4) is 0 Å². The molecule has 1 aromatic carbocycles. The summed E-state index contributed by atoms with van der Waals surface area (Å²) >= 11 is 0. The summed E-state index contributed by atoms with van der Waals surface area (Å²) in [6.07, 6.45) is 0.647. The fraction of sp³-hybridized carbons (Fsp3) is 0.611. The molecule has 2 atom stereocenters. The van der Waals surface area contributed by atoms with Gasteiger partial charge in [0.05, 0.1) is 27.4 Å². The second-order valence-electron chi connectivity index (χ2n) is 6.62. The van der Waals surface area contributed by atoms with Crippen molar-refractivity contribution < 1.29 is 19.0 Å². The largest absolute Gasteiger partial charge is 0.496 e. The number of carbonyl (C=O) groups is 1. The van der Waals surface area contributed by atoms with E-state index in [1.165, 1.54) is 0 Å². The van der Waals surface area contributed by atoms with E-state index < -0.39 is 0 Å². The molecule has 7 nitrogen and oxygen atoms in total. The number of likely N-dealkylation sites (tertiary alicyclic amines) is 1. The van der Waals surface area contributed by atoms with Crippen molar-refractivity contribution in [3.8, 4) is 17.2 Å². The molecule has 1 aromatic rings. The number of nitrogens with zero attached hydrogens (tertiary/aromatic N) is 1. The molecule has 140 valence electrons. The lowest BCUT2D eigenvalue weighted by Crippen LogP contribution is -2.45. The SMILES string of the molecule is COc1cc(OC)c(OC)cc1CN1C[C@@H](N)C[C@H]1C(=O)NC(C)C. The van der Waals surface area contributed by atoms with Crippen LogP contribution in [0, 0.1) is 0 Å². The molecule has 25 heavy (non-hydrogen) atoms. The Morgan fingerprint density at radius 3 is 2.36 bits per heavy atom. The average Bonchev–Trinajstić information content (AvgIpc) is 2.94. The molecule has 1 heterocycles. The van der Waals surface area contributed by atoms with Crippen molar-refractivity contribution in [3.05, 3.63) is 17.7 Å². The Kier molecular flexibility index (Phi) is 6.50. The molecule has 7 heteroatoms. The van der Waals surface area contributed by atoms with Crippen LogP contribution in [0.1, 0.15) is 25.8 Å². The van der Waals surface area contributed by atoms with Crippen molar-refractivity contribution in [2.75, 3.05) is 27.9 Å². The molecule has 1 fully saturated rings. The molecular formula is C18H29N3O4. The van der Waals surface area contributed by atoms with Crippen LogP contribution < -0.4 is 25.3 Å². The summed E-state index contributed by atoms with van der Waals surface area (Å²) in [7, 11) is 4.80. The zero-order valence-corrected chi connectivity index (χ0v) is 15.7. The van der Waals surface area contributed by atoms with Gasteiger partial charge in [0.1, 0.15) is 5.75 Å². The van der Waals surface area contributed by atoms with Crippen molar-refractivity contribution >= 4 is 5.91 Å². The third kappa shape index (κ3) is 4.55. The third-order valence-corrected chi connectivity index (χ3v) is 4.33. The average molecular weight is 351 g/mol. The normalized spacial score (nSPS) is 20.6. The molecule has 0 aliphatic carbocycles. The third-order valence-electron chi connectivity index (χ3n) is 4.33. The molecule has 1 amide bonds. The monoisotopic (exact) mass is 351 g/mol. The molecule has 0 unspecified atom stereocenters. The predicted molar refractivity (Wildman–Crippen MR) is 96.2 cm³/mol. The van der Waals surface area contributed by atoms with Crippen LogP contribution in [-0.4, -0.2) is 56.8 Å². The summed E-state index contributed by atoms with van der Waals surface area (Å²) in [5.74, 6) is 1.95. The Hall–Kier alpha value is -1.99. The van der Waals surface area contributed by atoms with E-state index in [2.05, 4.69) is 10.2 Å². The highest BCUT2D eigenvalue weighted by molar-refractivity contribution is 5.82. The number of methoxy groups -OCH3 is 3. The van der Waals surface area contributed by atoms with Crippen molar-refractivity contribution in [2.24, 2.45) is 5.73 Å². The highest BCUT2D eigenvalue weighted by atomic mass is 16.5. The van der Waals surface area contributed by atoms with Crippen LogP contribution in [0.5, 0.6) is 17.2 Å². The maximum absolute atomic E-state index is 12.5. The minimum atomic E-state index is -0.241. The van der Waals surface area contributed by atoms with Gasteiger partial charge in [-0.05, 0) is 26.3 Å². The number of carbonyl (C=O) groups excluding carboxylic acids is 1. The minimum Gasteiger partial charge on any atom is -0.496 e. The number of ether oxygens (including phenoxy) is 3. The molecule has 0 saturated carbocycles. The molecule has 0 aromatic heterocycles. The molecule has 0 spiro atoms. The topological polar surface area (TPSA) is 86.1 Å². The lowest BCUT2D eigenvalue weighted by molar-refractivity contribution is -0.126. The fourth-order valence-electron chi connectivity index (χ4n) is 3.20. The van der Waals surface area contributed by atoms with Crippen LogP contribution in [0.25, 0.3) is 0 Å². The summed E-state index contributed by atoms with van der Waals surface area (Å²) in [5, 5.41) is 2.98. The van der Waals surface area contributed by atoms with E-state index in [0.717, 1.165) is 5.56 Å². The van der Waals surface area contributed by atoms with E-state index in [9.17, 15) is 4.79 Å². The Balaban J connectivity index is 2.25. The van der Waals surface area contributed by atoms with E-state index in [0.29, 0.717) is 36.8 Å². The van der Waals surface area contributed by atoms with Crippen molar-refractivity contribution in [2.45, 2.75) is 44.9 Å². The Labute approximate surface area is 149 Å². The summed E-state index contributed by atoms with van der Waals surface area (Å²) in [5.41, 5.74) is 7.04. The van der Waals surface area contributed by atoms with E-state index in [4.69, 9.17) is 19.9 Å². The van der Waals surface area contributed by atoms with Crippen LogP contribution >= 0.6 is 0 Å². The van der Waals surface area contributed by atoms with Gasteiger partial charge in [-0.1, -0.05) is 0 Å². The van der Waals surface area contributed by atoms with Gasteiger partial charge >= 0.3 is 0 Å². The number of hydrogen-bond acceptors (Lipinski definition) is 6. The van der Waals surface area contributed by atoms with Crippen molar-refractivity contribution in [1.82, 2.24) is 10.2 Å². The van der Waals surface area contributed by atoms with E-state index in [1.54, 1.807) is 27.4 Å². The maximum Gasteiger partial charge on any atom is 0.237 e. The second kappa shape index (κ2) is 8.40. The lowest BCUT2D eigenvalue weighted by Gasteiger charge is -2.25. The Bertz CT molecular complexity index is 606. The highest BCUT2D eigenvalue weighted by Crippen LogP contribution is 2.36. The zero-order chi connectivity index (χ0) is 18.6. The molecule has 0 radical (unpaired) electrons. The van der Waals surface area contributed by atoms with E-state index in [-0.39, 0.29) is 24.0 Å². The lowest BCUT2D eigenvalue weighted by atomic mass is 10.1. The van der Waals surface area contributed by atoms with Crippen LogP contribution in [0.4, 0.5) is 0 Å². The summed E-state index contributed by atoms with van der Waals surface area (Å²) < 4.78 is 16.2. The molecule has 2 rings (SSSR count). The predicted octanol–water partition coefficient (Wildman–Crippen LogP) is 1.14. The smallest absolute Gasteiger partial charge is 0.237 e. The number of nitrogens with one attached hydrogen (secondary N) is 1. The minimum absolute atomic E-state index is 0.0161. The van der Waals surface area contributed by atoms with E-state index >= 15 is 0 Å². The van der Waals surface area contributed by atoms with Gasteiger partial charge in [0.15, 0.2) is 11.5 Å². The first-order chi connectivity index (χ1) is 11.9.